The lowest BCUT2D eigenvalue weighted by molar-refractivity contribution is 0.187. The fourth-order valence-corrected chi connectivity index (χ4v) is 1.87. The van der Waals surface area contributed by atoms with Gasteiger partial charge in [0.05, 0.1) is 7.11 Å². The van der Waals surface area contributed by atoms with Crippen LogP contribution in [0.2, 0.25) is 0 Å². The number of nitrogens with zero attached hydrogens (tertiary/aromatic N) is 1. The van der Waals surface area contributed by atoms with Crippen LogP contribution in [0.4, 0.5) is 21.0 Å². The van der Waals surface area contributed by atoms with Crippen LogP contribution in [0.15, 0.2) is 48.7 Å². The summed E-state index contributed by atoms with van der Waals surface area (Å²) in [6, 6.07) is 12.1. The van der Waals surface area contributed by atoms with E-state index < -0.39 is 6.09 Å². The number of hydrogen-bond acceptors (Lipinski definition) is 4. The van der Waals surface area contributed by atoms with E-state index in [4.69, 9.17) is 0 Å². The van der Waals surface area contributed by atoms with Gasteiger partial charge >= 0.3 is 12.1 Å². The molecule has 1 aromatic heterocycles. The van der Waals surface area contributed by atoms with E-state index in [0.717, 1.165) is 5.69 Å². The summed E-state index contributed by atoms with van der Waals surface area (Å²) in [5.41, 5.74) is 2.01. The second kappa shape index (κ2) is 8.38. The van der Waals surface area contributed by atoms with Crippen LogP contribution < -0.4 is 16.0 Å². The smallest absolute Gasteiger partial charge is 0.411 e. The van der Waals surface area contributed by atoms with Crippen molar-refractivity contribution in [3.05, 3.63) is 54.4 Å². The molecule has 2 aromatic rings. The van der Waals surface area contributed by atoms with Crippen molar-refractivity contribution in [1.82, 2.24) is 10.3 Å². The Morgan fingerprint density at radius 2 is 1.87 bits per heavy atom. The number of pyridine rings is 1. The van der Waals surface area contributed by atoms with E-state index in [1.807, 2.05) is 18.2 Å². The molecule has 1 aromatic carbocycles. The van der Waals surface area contributed by atoms with E-state index >= 15 is 0 Å². The van der Waals surface area contributed by atoms with Crippen molar-refractivity contribution in [2.24, 2.45) is 0 Å². The van der Waals surface area contributed by atoms with Gasteiger partial charge in [0.25, 0.3) is 0 Å². The number of anilines is 2. The highest BCUT2D eigenvalue weighted by molar-refractivity contribution is 5.91. The van der Waals surface area contributed by atoms with Crippen molar-refractivity contribution in [1.29, 1.82) is 0 Å². The zero-order chi connectivity index (χ0) is 16.5. The molecule has 7 heteroatoms. The number of rotatable bonds is 5. The Morgan fingerprint density at radius 1 is 1.09 bits per heavy atom. The summed E-state index contributed by atoms with van der Waals surface area (Å²) in [5.74, 6) is 0. The number of methoxy groups -OCH3 is 1. The normalized spacial score (nSPS) is 9.78. The number of benzene rings is 1. The van der Waals surface area contributed by atoms with Crippen molar-refractivity contribution in [2.45, 2.75) is 6.42 Å². The average molecular weight is 314 g/mol. The first-order valence-corrected chi connectivity index (χ1v) is 7.07. The first kappa shape index (κ1) is 16.3. The van der Waals surface area contributed by atoms with Crippen LogP contribution in [0.25, 0.3) is 0 Å². The number of hydrogen-bond donors (Lipinski definition) is 3. The molecule has 3 N–H and O–H groups in total. The fourth-order valence-electron chi connectivity index (χ4n) is 1.87. The van der Waals surface area contributed by atoms with Gasteiger partial charge in [-0.15, -0.1) is 0 Å². The molecule has 120 valence electrons. The Hall–Kier alpha value is -3.09. The third-order valence-electron chi connectivity index (χ3n) is 2.95. The Bertz CT molecular complexity index is 661. The molecule has 0 fully saturated rings. The van der Waals surface area contributed by atoms with Crippen LogP contribution in [-0.4, -0.2) is 30.8 Å². The molecule has 0 radical (unpaired) electrons. The summed E-state index contributed by atoms with van der Waals surface area (Å²) in [4.78, 5) is 27.2. The molecular weight excluding hydrogens is 296 g/mol. The van der Waals surface area contributed by atoms with Gasteiger partial charge in [-0.05, 0) is 30.3 Å². The topological polar surface area (TPSA) is 92.4 Å². The molecule has 0 aliphatic carbocycles. The molecular formula is C16H18N4O3. The first-order valence-electron chi connectivity index (χ1n) is 7.07. The maximum atomic E-state index is 11.8. The predicted molar refractivity (Wildman–Crippen MR) is 87.4 cm³/mol. The van der Waals surface area contributed by atoms with Crippen LogP contribution in [0.1, 0.15) is 5.69 Å². The maximum Gasteiger partial charge on any atom is 0.411 e. The first-order chi connectivity index (χ1) is 11.2. The second-order valence-corrected chi connectivity index (χ2v) is 4.65. The van der Waals surface area contributed by atoms with Crippen LogP contribution in [-0.2, 0) is 11.2 Å². The van der Waals surface area contributed by atoms with Crippen LogP contribution >= 0.6 is 0 Å². The van der Waals surface area contributed by atoms with Crippen LogP contribution in [0.5, 0.6) is 0 Å². The van der Waals surface area contributed by atoms with Gasteiger partial charge < -0.3 is 15.4 Å². The Labute approximate surface area is 134 Å². The molecule has 0 unspecified atom stereocenters. The van der Waals surface area contributed by atoms with Gasteiger partial charge in [0.1, 0.15) is 0 Å². The van der Waals surface area contributed by atoms with Crippen molar-refractivity contribution >= 4 is 23.5 Å². The van der Waals surface area contributed by atoms with Gasteiger partial charge in [-0.3, -0.25) is 10.3 Å². The molecule has 3 amide bonds. The van der Waals surface area contributed by atoms with E-state index in [1.165, 1.54) is 7.11 Å². The zero-order valence-corrected chi connectivity index (χ0v) is 12.7. The maximum absolute atomic E-state index is 11.8. The number of nitrogens with one attached hydrogen (secondary N) is 3. The van der Waals surface area contributed by atoms with Gasteiger partial charge in [-0.1, -0.05) is 12.1 Å². The minimum absolute atomic E-state index is 0.323. The van der Waals surface area contributed by atoms with Crippen LogP contribution in [0.3, 0.4) is 0 Å². The fraction of sp³-hybridized carbons (Fsp3) is 0.188. The number of ether oxygens (including phenoxy) is 1. The SMILES string of the molecule is COC(=O)Nc1cccc(NC(=O)NCCc2ccccn2)c1. The summed E-state index contributed by atoms with van der Waals surface area (Å²) in [7, 11) is 1.28. The Morgan fingerprint density at radius 3 is 2.57 bits per heavy atom. The van der Waals surface area contributed by atoms with Crippen LogP contribution in [0, 0.1) is 0 Å². The third kappa shape index (κ3) is 5.66. The molecule has 0 aliphatic heterocycles. The third-order valence-corrected chi connectivity index (χ3v) is 2.95. The molecule has 0 saturated heterocycles. The van der Waals surface area contributed by atoms with E-state index in [9.17, 15) is 9.59 Å². The van der Waals surface area contributed by atoms with Gasteiger partial charge in [-0.2, -0.15) is 0 Å². The molecule has 0 atom stereocenters. The Kier molecular flexibility index (Phi) is 5.93. The molecule has 7 nitrogen and oxygen atoms in total. The molecule has 0 aliphatic rings. The molecule has 0 saturated carbocycles. The summed E-state index contributed by atoms with van der Waals surface area (Å²) in [6.07, 6.45) is 1.80. The highest BCUT2D eigenvalue weighted by Gasteiger charge is 2.04. The summed E-state index contributed by atoms with van der Waals surface area (Å²) >= 11 is 0. The minimum Gasteiger partial charge on any atom is -0.453 e. The largest absolute Gasteiger partial charge is 0.453 e. The van der Waals surface area contributed by atoms with Crippen molar-refractivity contribution in [3.63, 3.8) is 0 Å². The number of carbonyl (C=O) groups excluding carboxylic acids is 2. The van der Waals surface area contributed by atoms with Crippen molar-refractivity contribution in [3.8, 4) is 0 Å². The highest BCUT2D eigenvalue weighted by Crippen LogP contribution is 2.15. The Balaban J connectivity index is 1.80. The van der Waals surface area contributed by atoms with E-state index in [0.29, 0.717) is 24.3 Å². The molecule has 0 spiro atoms. The monoisotopic (exact) mass is 314 g/mol. The standard InChI is InChI=1S/C16H18N4O3/c1-23-16(22)20-14-7-4-6-13(11-14)19-15(21)18-10-8-12-5-2-3-9-17-12/h2-7,9,11H,8,10H2,1H3,(H,20,22)(H2,18,19,21). The highest BCUT2D eigenvalue weighted by atomic mass is 16.5. The second-order valence-electron chi connectivity index (χ2n) is 4.65. The van der Waals surface area contributed by atoms with Crippen molar-refractivity contribution < 1.29 is 14.3 Å². The summed E-state index contributed by atoms with van der Waals surface area (Å²) in [5, 5.41) is 7.97. The lowest BCUT2D eigenvalue weighted by Gasteiger charge is -2.09. The van der Waals surface area contributed by atoms with E-state index in [-0.39, 0.29) is 6.03 Å². The lowest BCUT2D eigenvalue weighted by Crippen LogP contribution is -2.30. The summed E-state index contributed by atoms with van der Waals surface area (Å²) < 4.78 is 4.51. The quantitative estimate of drug-likeness (QED) is 0.791. The number of aromatic nitrogens is 1. The van der Waals surface area contributed by atoms with Gasteiger partial charge in [-0.25, -0.2) is 9.59 Å². The van der Waals surface area contributed by atoms with E-state index in [1.54, 1.807) is 30.5 Å². The molecule has 2 rings (SSSR count). The molecule has 0 bridgehead atoms. The van der Waals surface area contributed by atoms with Gasteiger partial charge in [0, 0.05) is 36.2 Å². The number of urea groups is 1. The zero-order valence-electron chi connectivity index (χ0n) is 12.7. The number of amides is 3. The minimum atomic E-state index is -0.568. The molecule has 1 heterocycles. The molecule has 23 heavy (non-hydrogen) atoms. The van der Waals surface area contributed by atoms with Crippen molar-refractivity contribution in [2.75, 3.05) is 24.3 Å². The van der Waals surface area contributed by atoms with E-state index in [2.05, 4.69) is 25.7 Å². The lowest BCUT2D eigenvalue weighted by atomic mass is 10.2. The van der Waals surface area contributed by atoms with Gasteiger partial charge in [0.15, 0.2) is 0 Å². The summed E-state index contributed by atoms with van der Waals surface area (Å²) in [6.45, 7) is 0.475. The average Bonchev–Trinajstić information content (AvgIpc) is 2.56. The number of carbonyl (C=O) groups is 2. The predicted octanol–water partition coefficient (Wildman–Crippen LogP) is 2.62. The van der Waals surface area contributed by atoms with Gasteiger partial charge in [0.2, 0.25) is 0 Å².